The van der Waals surface area contributed by atoms with Crippen LogP contribution in [0.5, 0.6) is 0 Å². The summed E-state index contributed by atoms with van der Waals surface area (Å²) in [6.45, 7) is 9.92. The maximum atomic E-state index is 5.62. The Hall–Kier alpha value is -0.0800. The van der Waals surface area contributed by atoms with Gasteiger partial charge in [-0.1, -0.05) is 13.8 Å². The summed E-state index contributed by atoms with van der Waals surface area (Å²) in [4.78, 5) is 0. The van der Waals surface area contributed by atoms with Crippen molar-refractivity contribution in [2.75, 3.05) is 19.7 Å². The fourth-order valence-corrected chi connectivity index (χ4v) is 2.97. The molecule has 2 aliphatic carbocycles. The first-order valence-electron chi connectivity index (χ1n) is 6.48. The molecule has 0 aromatic rings. The average molecular weight is 211 g/mol. The molecule has 2 rings (SSSR count). The highest BCUT2D eigenvalue weighted by Crippen LogP contribution is 2.65. The minimum absolute atomic E-state index is 0.588. The van der Waals surface area contributed by atoms with Crippen LogP contribution < -0.4 is 5.32 Å². The lowest BCUT2D eigenvalue weighted by Crippen LogP contribution is -2.36. The van der Waals surface area contributed by atoms with Crippen LogP contribution in [-0.2, 0) is 4.74 Å². The standard InChI is InChI=1S/C13H25NO/c1-4-15-12-6-13(7-12)5-11(13)9-14-8-10(2)3/h10-12,14H,4-9H2,1-3H3. The van der Waals surface area contributed by atoms with Crippen LogP contribution >= 0.6 is 0 Å². The van der Waals surface area contributed by atoms with Gasteiger partial charge >= 0.3 is 0 Å². The van der Waals surface area contributed by atoms with Crippen molar-refractivity contribution in [3.05, 3.63) is 0 Å². The fourth-order valence-electron chi connectivity index (χ4n) is 2.97. The van der Waals surface area contributed by atoms with Gasteiger partial charge in [0.05, 0.1) is 6.10 Å². The zero-order chi connectivity index (χ0) is 10.9. The molecule has 0 heterocycles. The maximum Gasteiger partial charge on any atom is 0.0585 e. The molecule has 2 aliphatic rings. The number of hydrogen-bond acceptors (Lipinski definition) is 2. The summed E-state index contributed by atoms with van der Waals surface area (Å²) in [7, 11) is 0. The predicted octanol–water partition coefficient (Wildman–Crippen LogP) is 2.44. The summed E-state index contributed by atoms with van der Waals surface area (Å²) in [5.74, 6) is 1.73. The van der Waals surface area contributed by atoms with Crippen molar-refractivity contribution in [2.45, 2.75) is 46.1 Å². The first kappa shape index (κ1) is 11.4. The first-order chi connectivity index (χ1) is 7.16. The molecule has 0 amide bonds. The zero-order valence-electron chi connectivity index (χ0n) is 10.4. The number of ether oxygens (including phenoxy) is 1. The Balaban J connectivity index is 1.57. The van der Waals surface area contributed by atoms with Gasteiger partial charge in [0, 0.05) is 6.61 Å². The summed E-state index contributed by atoms with van der Waals surface area (Å²) in [6.07, 6.45) is 4.69. The Morgan fingerprint density at radius 3 is 2.67 bits per heavy atom. The van der Waals surface area contributed by atoms with Gasteiger partial charge < -0.3 is 10.1 Å². The van der Waals surface area contributed by atoms with Crippen molar-refractivity contribution in [1.82, 2.24) is 5.32 Å². The Morgan fingerprint density at radius 1 is 1.33 bits per heavy atom. The van der Waals surface area contributed by atoms with Gasteiger partial charge in [0.25, 0.3) is 0 Å². The number of rotatable bonds is 6. The lowest BCUT2D eigenvalue weighted by molar-refractivity contribution is -0.0401. The molecular weight excluding hydrogens is 186 g/mol. The van der Waals surface area contributed by atoms with Crippen LogP contribution in [0, 0.1) is 17.3 Å². The molecule has 0 bridgehead atoms. The monoisotopic (exact) mass is 211 g/mol. The third kappa shape index (κ3) is 2.54. The summed E-state index contributed by atoms with van der Waals surface area (Å²) in [5, 5.41) is 3.58. The molecule has 2 nitrogen and oxygen atoms in total. The van der Waals surface area contributed by atoms with Crippen LogP contribution in [0.4, 0.5) is 0 Å². The van der Waals surface area contributed by atoms with Crippen molar-refractivity contribution >= 4 is 0 Å². The van der Waals surface area contributed by atoms with Gasteiger partial charge in [0.15, 0.2) is 0 Å². The van der Waals surface area contributed by atoms with Crippen molar-refractivity contribution in [3.8, 4) is 0 Å². The third-order valence-corrected chi connectivity index (χ3v) is 3.97. The Bertz CT molecular complexity index is 209. The molecule has 2 saturated carbocycles. The number of hydrogen-bond donors (Lipinski definition) is 1. The molecule has 0 aliphatic heterocycles. The van der Waals surface area contributed by atoms with Crippen molar-refractivity contribution in [3.63, 3.8) is 0 Å². The van der Waals surface area contributed by atoms with E-state index in [9.17, 15) is 0 Å². The van der Waals surface area contributed by atoms with E-state index in [1.165, 1.54) is 32.4 Å². The predicted molar refractivity (Wildman–Crippen MR) is 62.9 cm³/mol. The second kappa shape index (κ2) is 4.42. The van der Waals surface area contributed by atoms with E-state index >= 15 is 0 Å². The SMILES string of the molecule is CCOC1CC2(C1)CC2CNCC(C)C. The van der Waals surface area contributed by atoms with Gasteiger partial charge in [-0.05, 0) is 56.5 Å². The Kier molecular flexibility index (Phi) is 3.36. The van der Waals surface area contributed by atoms with E-state index in [1.54, 1.807) is 0 Å². The molecule has 15 heavy (non-hydrogen) atoms. The summed E-state index contributed by atoms with van der Waals surface area (Å²) >= 11 is 0. The highest BCUT2D eigenvalue weighted by molar-refractivity contribution is 5.11. The highest BCUT2D eigenvalue weighted by Gasteiger charge is 2.61. The smallest absolute Gasteiger partial charge is 0.0585 e. The molecule has 1 atom stereocenters. The van der Waals surface area contributed by atoms with Gasteiger partial charge in [-0.2, -0.15) is 0 Å². The second-order valence-corrected chi connectivity index (χ2v) is 5.80. The van der Waals surface area contributed by atoms with E-state index < -0.39 is 0 Å². The van der Waals surface area contributed by atoms with E-state index in [-0.39, 0.29) is 0 Å². The van der Waals surface area contributed by atoms with E-state index in [2.05, 4.69) is 26.1 Å². The van der Waals surface area contributed by atoms with Gasteiger partial charge in [-0.25, -0.2) is 0 Å². The molecule has 0 aromatic carbocycles. The second-order valence-electron chi connectivity index (χ2n) is 5.80. The van der Waals surface area contributed by atoms with Gasteiger partial charge in [-0.15, -0.1) is 0 Å². The largest absolute Gasteiger partial charge is 0.378 e. The van der Waals surface area contributed by atoms with E-state index in [1.807, 2.05) is 0 Å². The van der Waals surface area contributed by atoms with Crippen molar-refractivity contribution in [1.29, 1.82) is 0 Å². The maximum absolute atomic E-state index is 5.62. The topological polar surface area (TPSA) is 21.3 Å². The van der Waals surface area contributed by atoms with Crippen LogP contribution in [0.15, 0.2) is 0 Å². The molecule has 2 fully saturated rings. The first-order valence-corrected chi connectivity index (χ1v) is 6.48. The molecule has 1 spiro atoms. The summed E-state index contributed by atoms with van der Waals surface area (Å²) in [5.41, 5.74) is 0.712. The van der Waals surface area contributed by atoms with Crippen LogP contribution in [0.1, 0.15) is 40.0 Å². The molecule has 1 N–H and O–H groups in total. The lowest BCUT2D eigenvalue weighted by atomic mass is 9.77. The van der Waals surface area contributed by atoms with Crippen molar-refractivity contribution < 1.29 is 4.74 Å². The van der Waals surface area contributed by atoms with E-state index in [4.69, 9.17) is 4.74 Å². The fraction of sp³-hybridized carbons (Fsp3) is 1.00. The average Bonchev–Trinajstić information content (AvgIpc) is 2.78. The molecule has 0 radical (unpaired) electrons. The Morgan fingerprint density at radius 2 is 2.07 bits per heavy atom. The van der Waals surface area contributed by atoms with Crippen LogP contribution in [0.2, 0.25) is 0 Å². The molecule has 1 unspecified atom stereocenters. The van der Waals surface area contributed by atoms with Crippen LogP contribution in [0.25, 0.3) is 0 Å². The lowest BCUT2D eigenvalue weighted by Gasteiger charge is -2.36. The molecule has 2 heteroatoms. The zero-order valence-corrected chi connectivity index (χ0v) is 10.4. The minimum atomic E-state index is 0.588. The third-order valence-electron chi connectivity index (χ3n) is 3.97. The van der Waals surface area contributed by atoms with E-state index in [0.29, 0.717) is 11.5 Å². The van der Waals surface area contributed by atoms with Gasteiger partial charge in [0.1, 0.15) is 0 Å². The van der Waals surface area contributed by atoms with Crippen LogP contribution in [-0.4, -0.2) is 25.8 Å². The highest BCUT2D eigenvalue weighted by atomic mass is 16.5. The summed E-state index contributed by atoms with van der Waals surface area (Å²) in [6, 6.07) is 0. The molecule has 88 valence electrons. The minimum Gasteiger partial charge on any atom is -0.378 e. The number of nitrogens with one attached hydrogen (secondary N) is 1. The van der Waals surface area contributed by atoms with Crippen molar-refractivity contribution in [2.24, 2.45) is 17.3 Å². The summed E-state index contributed by atoms with van der Waals surface area (Å²) < 4.78 is 5.62. The van der Waals surface area contributed by atoms with E-state index in [0.717, 1.165) is 18.4 Å². The normalized spacial score (nSPS) is 38.4. The quantitative estimate of drug-likeness (QED) is 0.728. The van der Waals surface area contributed by atoms with Gasteiger partial charge in [-0.3, -0.25) is 0 Å². The molecular formula is C13H25NO. The molecule has 0 aromatic heterocycles. The molecule has 0 saturated heterocycles. The van der Waals surface area contributed by atoms with Gasteiger partial charge in [0.2, 0.25) is 0 Å². The Labute approximate surface area is 93.8 Å². The van der Waals surface area contributed by atoms with Crippen LogP contribution in [0.3, 0.4) is 0 Å².